The van der Waals surface area contributed by atoms with Crippen molar-refractivity contribution in [3.63, 3.8) is 0 Å². The SMILES string of the molecule is Cc1cc(C)n(C2CCN(S(=O)(=O)N3CCC(C)CC3)CC2)n1. The van der Waals surface area contributed by atoms with E-state index >= 15 is 0 Å². The van der Waals surface area contributed by atoms with Gasteiger partial charge in [-0.3, -0.25) is 4.68 Å². The van der Waals surface area contributed by atoms with Gasteiger partial charge in [-0.15, -0.1) is 0 Å². The van der Waals surface area contributed by atoms with E-state index in [0.29, 0.717) is 38.1 Å². The van der Waals surface area contributed by atoms with Crippen molar-refractivity contribution >= 4 is 10.2 Å². The molecule has 2 aliphatic rings. The van der Waals surface area contributed by atoms with E-state index in [1.807, 2.05) is 6.92 Å². The number of rotatable bonds is 3. The number of hydrogen-bond acceptors (Lipinski definition) is 3. The normalized spacial score (nSPS) is 23.4. The first kappa shape index (κ1) is 16.9. The molecule has 7 heteroatoms. The van der Waals surface area contributed by atoms with Gasteiger partial charge in [0.1, 0.15) is 0 Å². The first-order chi connectivity index (χ1) is 10.9. The summed E-state index contributed by atoms with van der Waals surface area (Å²) in [5.41, 5.74) is 2.19. The molecule has 0 saturated carbocycles. The van der Waals surface area contributed by atoms with E-state index in [1.165, 1.54) is 0 Å². The maximum Gasteiger partial charge on any atom is 0.281 e. The van der Waals surface area contributed by atoms with E-state index in [4.69, 9.17) is 0 Å². The van der Waals surface area contributed by atoms with Gasteiger partial charge in [0, 0.05) is 31.9 Å². The Labute approximate surface area is 139 Å². The molecule has 3 heterocycles. The van der Waals surface area contributed by atoms with Crippen LogP contribution in [0, 0.1) is 19.8 Å². The van der Waals surface area contributed by atoms with Crippen molar-refractivity contribution in [3.8, 4) is 0 Å². The summed E-state index contributed by atoms with van der Waals surface area (Å²) in [4.78, 5) is 0. The van der Waals surface area contributed by atoms with Crippen molar-refractivity contribution < 1.29 is 8.42 Å². The molecule has 1 aromatic heterocycles. The quantitative estimate of drug-likeness (QED) is 0.847. The number of aryl methyl sites for hydroxylation is 2. The summed E-state index contributed by atoms with van der Waals surface area (Å²) in [7, 11) is -3.28. The Morgan fingerprint density at radius 2 is 1.52 bits per heavy atom. The number of piperidine rings is 2. The standard InChI is InChI=1S/C16H28N4O2S/c1-13-4-8-18(9-5-13)23(21,22)19-10-6-16(7-11-19)20-15(3)12-14(2)17-20/h12-13,16H,4-11H2,1-3H3. The highest BCUT2D eigenvalue weighted by Crippen LogP contribution is 2.28. The molecule has 0 N–H and O–H groups in total. The first-order valence-corrected chi connectivity index (χ1v) is 10.1. The maximum absolute atomic E-state index is 12.8. The smallest absolute Gasteiger partial charge is 0.266 e. The largest absolute Gasteiger partial charge is 0.281 e. The topological polar surface area (TPSA) is 58.4 Å². The zero-order valence-electron chi connectivity index (χ0n) is 14.4. The highest BCUT2D eigenvalue weighted by atomic mass is 32.2. The van der Waals surface area contributed by atoms with Crippen LogP contribution in [0.4, 0.5) is 0 Å². The van der Waals surface area contributed by atoms with Gasteiger partial charge in [0.25, 0.3) is 10.2 Å². The van der Waals surface area contributed by atoms with E-state index in [9.17, 15) is 8.42 Å². The maximum atomic E-state index is 12.8. The van der Waals surface area contributed by atoms with E-state index in [1.54, 1.807) is 8.61 Å². The van der Waals surface area contributed by atoms with Crippen LogP contribution in [-0.4, -0.2) is 53.0 Å². The van der Waals surface area contributed by atoms with E-state index in [-0.39, 0.29) is 0 Å². The molecule has 0 spiro atoms. The minimum Gasteiger partial charge on any atom is -0.266 e. The van der Waals surface area contributed by atoms with Gasteiger partial charge in [-0.2, -0.15) is 22.1 Å². The van der Waals surface area contributed by atoms with Crippen molar-refractivity contribution in [1.82, 2.24) is 18.4 Å². The van der Waals surface area contributed by atoms with Gasteiger partial charge in [-0.05, 0) is 51.5 Å². The molecule has 1 aromatic rings. The average Bonchev–Trinajstić information content (AvgIpc) is 2.86. The zero-order chi connectivity index (χ0) is 16.6. The molecular formula is C16H28N4O2S. The molecule has 130 valence electrons. The lowest BCUT2D eigenvalue weighted by Crippen LogP contribution is -2.49. The van der Waals surface area contributed by atoms with Gasteiger partial charge < -0.3 is 0 Å². The Morgan fingerprint density at radius 3 is 2.00 bits per heavy atom. The van der Waals surface area contributed by atoms with Gasteiger partial charge in [-0.25, -0.2) is 0 Å². The summed E-state index contributed by atoms with van der Waals surface area (Å²) in [5.74, 6) is 0.637. The summed E-state index contributed by atoms with van der Waals surface area (Å²) >= 11 is 0. The van der Waals surface area contributed by atoms with Crippen molar-refractivity contribution in [2.75, 3.05) is 26.2 Å². The van der Waals surface area contributed by atoms with Gasteiger partial charge in [0.2, 0.25) is 0 Å². The lowest BCUT2D eigenvalue weighted by atomic mass is 10.0. The van der Waals surface area contributed by atoms with Crippen LogP contribution < -0.4 is 0 Å². The highest BCUT2D eigenvalue weighted by molar-refractivity contribution is 7.86. The Balaban J connectivity index is 1.63. The third-order valence-electron chi connectivity index (χ3n) is 5.21. The van der Waals surface area contributed by atoms with Crippen molar-refractivity contribution in [2.24, 2.45) is 5.92 Å². The molecule has 2 fully saturated rings. The van der Waals surface area contributed by atoms with Gasteiger partial charge in [0.15, 0.2) is 0 Å². The molecule has 0 aliphatic carbocycles. The lowest BCUT2D eigenvalue weighted by molar-refractivity contribution is 0.225. The van der Waals surface area contributed by atoms with Gasteiger partial charge in [0.05, 0.1) is 11.7 Å². The van der Waals surface area contributed by atoms with Crippen LogP contribution in [0.15, 0.2) is 6.07 Å². The van der Waals surface area contributed by atoms with Crippen LogP contribution >= 0.6 is 0 Å². The molecular weight excluding hydrogens is 312 g/mol. The molecule has 0 bridgehead atoms. The summed E-state index contributed by atoms with van der Waals surface area (Å²) in [6.45, 7) is 8.79. The molecule has 0 amide bonds. The fourth-order valence-electron chi connectivity index (χ4n) is 3.71. The van der Waals surface area contributed by atoms with Gasteiger partial charge >= 0.3 is 0 Å². The van der Waals surface area contributed by atoms with Crippen LogP contribution in [0.3, 0.4) is 0 Å². The Bertz CT molecular complexity index is 639. The minimum absolute atomic E-state index is 0.316. The summed E-state index contributed by atoms with van der Waals surface area (Å²) in [5, 5.41) is 4.56. The van der Waals surface area contributed by atoms with Crippen molar-refractivity contribution in [1.29, 1.82) is 0 Å². The fourth-order valence-corrected chi connectivity index (χ4v) is 5.38. The highest BCUT2D eigenvalue weighted by Gasteiger charge is 2.35. The fraction of sp³-hybridized carbons (Fsp3) is 0.812. The van der Waals surface area contributed by atoms with Crippen LogP contribution in [0.25, 0.3) is 0 Å². The number of hydrogen-bond donors (Lipinski definition) is 0. The lowest BCUT2D eigenvalue weighted by Gasteiger charge is -2.37. The Morgan fingerprint density at radius 1 is 1.00 bits per heavy atom. The van der Waals surface area contributed by atoms with E-state index < -0.39 is 10.2 Å². The van der Waals surface area contributed by atoms with Crippen LogP contribution in [0.1, 0.15) is 50.0 Å². The molecule has 0 atom stereocenters. The van der Waals surface area contributed by atoms with E-state index in [2.05, 4.69) is 29.7 Å². The number of nitrogens with zero attached hydrogens (tertiary/aromatic N) is 4. The Kier molecular flexibility index (Phi) is 4.80. The third kappa shape index (κ3) is 3.46. The summed E-state index contributed by atoms with van der Waals surface area (Å²) < 4.78 is 31.0. The second-order valence-electron chi connectivity index (χ2n) is 7.09. The summed E-state index contributed by atoms with van der Waals surface area (Å²) in [6.07, 6.45) is 3.62. The van der Waals surface area contributed by atoms with Crippen LogP contribution in [0.5, 0.6) is 0 Å². The van der Waals surface area contributed by atoms with Crippen LogP contribution in [-0.2, 0) is 10.2 Å². The predicted molar refractivity (Wildman–Crippen MR) is 90.4 cm³/mol. The molecule has 0 aromatic carbocycles. The molecule has 2 aliphatic heterocycles. The predicted octanol–water partition coefficient (Wildman–Crippen LogP) is 2.11. The Hall–Kier alpha value is -0.920. The summed E-state index contributed by atoms with van der Waals surface area (Å²) in [6, 6.07) is 2.40. The molecule has 23 heavy (non-hydrogen) atoms. The van der Waals surface area contributed by atoms with Crippen LogP contribution in [0.2, 0.25) is 0 Å². The molecule has 6 nitrogen and oxygen atoms in total. The average molecular weight is 340 g/mol. The second kappa shape index (κ2) is 6.53. The molecule has 0 unspecified atom stereocenters. The van der Waals surface area contributed by atoms with Crippen molar-refractivity contribution in [2.45, 2.75) is 52.5 Å². The first-order valence-electron chi connectivity index (χ1n) is 8.66. The van der Waals surface area contributed by atoms with E-state index in [0.717, 1.165) is 37.1 Å². The third-order valence-corrected chi connectivity index (χ3v) is 7.24. The van der Waals surface area contributed by atoms with Crippen molar-refractivity contribution in [3.05, 3.63) is 17.5 Å². The minimum atomic E-state index is -3.28. The molecule has 0 radical (unpaired) electrons. The van der Waals surface area contributed by atoms with Gasteiger partial charge in [-0.1, -0.05) is 6.92 Å². The second-order valence-corrected chi connectivity index (χ2v) is 9.02. The monoisotopic (exact) mass is 340 g/mol. The molecule has 2 saturated heterocycles. The number of aromatic nitrogens is 2. The molecule has 3 rings (SSSR count). The zero-order valence-corrected chi connectivity index (χ0v) is 15.2.